The second kappa shape index (κ2) is 7.43. The molecule has 28 heavy (non-hydrogen) atoms. The Morgan fingerprint density at radius 3 is 2.43 bits per heavy atom. The van der Waals surface area contributed by atoms with E-state index in [9.17, 15) is 4.79 Å². The summed E-state index contributed by atoms with van der Waals surface area (Å²) in [4.78, 5) is 14.8. The van der Waals surface area contributed by atoms with Crippen LogP contribution in [0.2, 0.25) is 0 Å². The minimum Gasteiger partial charge on any atom is -0.493 e. The average molecular weight is 377 g/mol. The van der Waals surface area contributed by atoms with Crippen molar-refractivity contribution < 1.29 is 19.0 Å². The summed E-state index contributed by atoms with van der Waals surface area (Å²) in [6.07, 6.45) is 7.88. The van der Waals surface area contributed by atoms with Gasteiger partial charge in [0.2, 0.25) is 5.75 Å². The van der Waals surface area contributed by atoms with Crippen LogP contribution >= 0.6 is 0 Å². The van der Waals surface area contributed by atoms with E-state index >= 15 is 0 Å². The predicted octanol–water partition coefficient (Wildman–Crippen LogP) is 4.77. The first-order valence-electron chi connectivity index (χ1n) is 9.30. The third-order valence-electron chi connectivity index (χ3n) is 5.36. The minimum atomic E-state index is 0.576. The SMILES string of the molecule is COc1cc(C2=CCCCc3c2ccc2[nH]cc(C=O)c32)cc(OC)c1OC. The predicted molar refractivity (Wildman–Crippen MR) is 110 cm³/mol. The molecular formula is C23H23NO4. The molecule has 1 aromatic heterocycles. The standard InChI is InChI=1S/C23H23NO4/c1-26-20-10-14(11-21(27-2)23(20)28-3)16-6-4-5-7-18-17(16)8-9-19-22(18)15(13-25)12-24-19/h6,8-13,24H,4-5,7H2,1-3H3. The number of fused-ring (bicyclic) bond motifs is 3. The van der Waals surface area contributed by atoms with E-state index < -0.39 is 0 Å². The summed E-state index contributed by atoms with van der Waals surface area (Å²) in [7, 11) is 4.84. The Morgan fingerprint density at radius 1 is 1.04 bits per heavy atom. The highest BCUT2D eigenvalue weighted by molar-refractivity contribution is 6.02. The van der Waals surface area contributed by atoms with Crippen LogP contribution in [0.1, 0.15) is 39.9 Å². The fraction of sp³-hybridized carbons (Fsp3) is 0.261. The van der Waals surface area contributed by atoms with Gasteiger partial charge in [0.1, 0.15) is 0 Å². The Hall–Kier alpha value is -3.21. The van der Waals surface area contributed by atoms with E-state index in [1.165, 1.54) is 5.56 Å². The molecule has 1 aliphatic carbocycles. The summed E-state index contributed by atoms with van der Waals surface area (Å²) in [5.41, 5.74) is 6.16. The van der Waals surface area contributed by atoms with E-state index in [2.05, 4.69) is 17.1 Å². The molecule has 2 aromatic carbocycles. The lowest BCUT2D eigenvalue weighted by atomic mass is 9.90. The lowest BCUT2D eigenvalue weighted by Gasteiger charge is -2.17. The van der Waals surface area contributed by atoms with Gasteiger partial charge in [-0.3, -0.25) is 4.79 Å². The maximum atomic E-state index is 11.6. The second-order valence-corrected chi connectivity index (χ2v) is 6.80. The summed E-state index contributed by atoms with van der Waals surface area (Å²) in [5, 5.41) is 1.02. The van der Waals surface area contributed by atoms with Crippen molar-refractivity contribution >= 4 is 22.8 Å². The first-order chi connectivity index (χ1) is 13.7. The van der Waals surface area contributed by atoms with Crippen LogP contribution in [-0.2, 0) is 6.42 Å². The van der Waals surface area contributed by atoms with Gasteiger partial charge >= 0.3 is 0 Å². The quantitative estimate of drug-likeness (QED) is 0.651. The molecule has 0 atom stereocenters. The number of nitrogens with one attached hydrogen (secondary N) is 1. The zero-order chi connectivity index (χ0) is 19.7. The number of carbonyl (C=O) groups is 1. The van der Waals surface area contributed by atoms with Crippen molar-refractivity contribution in [2.75, 3.05) is 21.3 Å². The molecule has 1 N–H and O–H groups in total. The molecule has 1 aliphatic rings. The van der Waals surface area contributed by atoms with Crippen molar-refractivity contribution in [2.45, 2.75) is 19.3 Å². The highest BCUT2D eigenvalue weighted by Gasteiger charge is 2.21. The molecule has 5 nitrogen and oxygen atoms in total. The minimum absolute atomic E-state index is 0.576. The van der Waals surface area contributed by atoms with E-state index in [1.807, 2.05) is 18.2 Å². The number of aldehydes is 1. The fourth-order valence-electron chi connectivity index (χ4n) is 4.08. The zero-order valence-corrected chi connectivity index (χ0v) is 16.3. The summed E-state index contributed by atoms with van der Waals surface area (Å²) in [6.45, 7) is 0. The van der Waals surface area contributed by atoms with E-state index in [0.717, 1.165) is 53.2 Å². The summed E-state index contributed by atoms with van der Waals surface area (Å²) in [6, 6.07) is 8.12. The van der Waals surface area contributed by atoms with Crippen LogP contribution in [0.15, 0.2) is 36.5 Å². The Morgan fingerprint density at radius 2 is 1.79 bits per heavy atom. The molecule has 1 heterocycles. The van der Waals surface area contributed by atoms with Gasteiger partial charge in [-0.25, -0.2) is 0 Å². The van der Waals surface area contributed by atoms with Gasteiger partial charge in [0, 0.05) is 22.7 Å². The van der Waals surface area contributed by atoms with Gasteiger partial charge in [0.05, 0.1) is 21.3 Å². The van der Waals surface area contributed by atoms with E-state index in [4.69, 9.17) is 14.2 Å². The molecule has 0 radical (unpaired) electrons. The molecule has 3 aromatic rings. The van der Waals surface area contributed by atoms with E-state index in [0.29, 0.717) is 22.8 Å². The van der Waals surface area contributed by atoms with Crippen molar-refractivity contribution in [3.05, 3.63) is 58.8 Å². The number of benzene rings is 2. The summed E-state index contributed by atoms with van der Waals surface area (Å²) < 4.78 is 16.5. The first kappa shape index (κ1) is 18.2. The maximum absolute atomic E-state index is 11.6. The molecule has 4 rings (SSSR count). The van der Waals surface area contributed by atoms with Crippen LogP contribution < -0.4 is 14.2 Å². The monoisotopic (exact) mass is 377 g/mol. The van der Waals surface area contributed by atoms with Crippen molar-refractivity contribution in [1.82, 2.24) is 4.98 Å². The molecule has 5 heteroatoms. The number of ether oxygens (including phenoxy) is 3. The normalized spacial score (nSPS) is 13.5. The molecule has 0 saturated heterocycles. The highest BCUT2D eigenvalue weighted by Crippen LogP contribution is 2.43. The number of aryl methyl sites for hydroxylation is 1. The van der Waals surface area contributed by atoms with Crippen molar-refractivity contribution in [3.8, 4) is 17.2 Å². The van der Waals surface area contributed by atoms with Crippen molar-refractivity contribution in [1.29, 1.82) is 0 Å². The van der Waals surface area contributed by atoms with Crippen LogP contribution in [0.4, 0.5) is 0 Å². The van der Waals surface area contributed by atoms with Crippen molar-refractivity contribution in [2.24, 2.45) is 0 Å². The molecule has 0 aliphatic heterocycles. The molecule has 0 unspecified atom stereocenters. The number of hydrogen-bond donors (Lipinski definition) is 1. The maximum Gasteiger partial charge on any atom is 0.203 e. The van der Waals surface area contributed by atoms with Gasteiger partial charge in [0.25, 0.3) is 0 Å². The zero-order valence-electron chi connectivity index (χ0n) is 16.3. The largest absolute Gasteiger partial charge is 0.493 e. The van der Waals surface area contributed by atoms with Gasteiger partial charge in [-0.05, 0) is 59.7 Å². The molecule has 144 valence electrons. The van der Waals surface area contributed by atoms with Crippen molar-refractivity contribution in [3.63, 3.8) is 0 Å². The third kappa shape index (κ3) is 2.83. The molecule has 0 saturated carbocycles. The smallest absolute Gasteiger partial charge is 0.203 e. The van der Waals surface area contributed by atoms with Gasteiger partial charge in [0.15, 0.2) is 17.8 Å². The Kier molecular flexibility index (Phi) is 4.82. The molecule has 0 bridgehead atoms. The summed E-state index contributed by atoms with van der Waals surface area (Å²) in [5.74, 6) is 1.83. The first-order valence-corrected chi connectivity index (χ1v) is 9.30. The number of rotatable bonds is 5. The lowest BCUT2D eigenvalue weighted by Crippen LogP contribution is -1.99. The number of aromatic nitrogens is 1. The van der Waals surface area contributed by atoms with Crippen LogP contribution in [-0.4, -0.2) is 32.6 Å². The molecule has 0 fully saturated rings. The van der Waals surface area contributed by atoms with Crippen LogP contribution in [0.3, 0.4) is 0 Å². The van der Waals surface area contributed by atoms with Crippen LogP contribution in [0.25, 0.3) is 16.5 Å². The molecule has 0 amide bonds. The average Bonchev–Trinajstić information content (AvgIpc) is 3.04. The highest BCUT2D eigenvalue weighted by atomic mass is 16.5. The molecule has 0 spiro atoms. The number of hydrogen-bond acceptors (Lipinski definition) is 4. The Bertz CT molecular complexity index is 1050. The number of H-pyrrole nitrogens is 1. The van der Waals surface area contributed by atoms with Crippen LogP contribution in [0, 0.1) is 0 Å². The Labute approximate surface area is 163 Å². The second-order valence-electron chi connectivity index (χ2n) is 6.80. The van der Waals surface area contributed by atoms with Gasteiger partial charge in [-0.2, -0.15) is 0 Å². The Balaban J connectivity index is 1.95. The fourth-order valence-corrected chi connectivity index (χ4v) is 4.08. The van der Waals surface area contributed by atoms with E-state index in [1.54, 1.807) is 27.5 Å². The number of allylic oxidation sites excluding steroid dienone is 1. The number of methoxy groups -OCH3 is 3. The van der Waals surface area contributed by atoms with Gasteiger partial charge in [-0.1, -0.05) is 12.1 Å². The molecular weight excluding hydrogens is 354 g/mol. The van der Waals surface area contributed by atoms with Crippen LogP contribution in [0.5, 0.6) is 17.2 Å². The lowest BCUT2D eigenvalue weighted by molar-refractivity contribution is 0.112. The topological polar surface area (TPSA) is 60.6 Å². The van der Waals surface area contributed by atoms with Gasteiger partial charge < -0.3 is 19.2 Å². The number of aromatic amines is 1. The number of carbonyl (C=O) groups excluding carboxylic acids is 1. The third-order valence-corrected chi connectivity index (χ3v) is 5.36. The summed E-state index contributed by atoms with van der Waals surface area (Å²) >= 11 is 0. The van der Waals surface area contributed by atoms with Gasteiger partial charge in [-0.15, -0.1) is 0 Å². The van der Waals surface area contributed by atoms with E-state index in [-0.39, 0.29) is 0 Å².